The number of hydrogen-bond donors (Lipinski definition) is 1. The Kier molecular flexibility index (Phi) is 5.65. The number of ether oxygens (including phenoxy) is 1. The summed E-state index contributed by atoms with van der Waals surface area (Å²) in [5, 5.41) is 0.349. The third-order valence-electron chi connectivity index (χ3n) is 1.45. The fraction of sp³-hybridized carbons (Fsp3) is 0.429. The van der Waals surface area contributed by atoms with E-state index in [1.807, 2.05) is 4.89 Å². The van der Waals surface area contributed by atoms with Crippen molar-refractivity contribution < 1.29 is 18.0 Å². The van der Waals surface area contributed by atoms with Crippen molar-refractivity contribution in [3.63, 3.8) is 0 Å². The molecule has 0 atom stereocenters. The van der Waals surface area contributed by atoms with Crippen molar-refractivity contribution in [2.45, 2.75) is 4.21 Å². The largest absolute Gasteiger partial charge is 0.382 e. The molecule has 0 amide bonds. The molecule has 9 heteroatoms. The van der Waals surface area contributed by atoms with Crippen molar-refractivity contribution in [1.82, 2.24) is 4.89 Å². The molecule has 0 radical (unpaired) electrons. The Morgan fingerprint density at radius 1 is 1.56 bits per heavy atom. The summed E-state index contributed by atoms with van der Waals surface area (Å²) < 4.78 is 28.6. The van der Waals surface area contributed by atoms with E-state index in [1.54, 1.807) is 0 Å². The highest BCUT2D eigenvalue weighted by Crippen LogP contribution is 2.34. The van der Waals surface area contributed by atoms with Gasteiger partial charge in [-0.15, -0.1) is 11.3 Å². The molecule has 0 aromatic carbocycles. The van der Waals surface area contributed by atoms with Gasteiger partial charge in [-0.05, 0) is 22.0 Å². The number of sulfonamides is 1. The first-order valence-electron chi connectivity index (χ1n) is 4.04. The Morgan fingerprint density at radius 3 is 2.75 bits per heavy atom. The van der Waals surface area contributed by atoms with Gasteiger partial charge in [0.15, 0.2) is 0 Å². The topological polar surface area (TPSA) is 64.6 Å². The minimum atomic E-state index is -3.67. The Morgan fingerprint density at radius 2 is 2.25 bits per heavy atom. The highest BCUT2D eigenvalue weighted by molar-refractivity contribution is 9.11. The van der Waals surface area contributed by atoms with Crippen LogP contribution in [-0.4, -0.2) is 28.7 Å². The van der Waals surface area contributed by atoms with Crippen LogP contribution < -0.4 is 4.89 Å². The molecule has 0 saturated carbocycles. The summed E-state index contributed by atoms with van der Waals surface area (Å²) in [4.78, 5) is 6.70. The number of hydrogen-bond acceptors (Lipinski definition) is 5. The van der Waals surface area contributed by atoms with E-state index in [1.165, 1.54) is 13.2 Å². The first kappa shape index (κ1) is 14.4. The van der Waals surface area contributed by atoms with Crippen molar-refractivity contribution in [2.24, 2.45) is 0 Å². The van der Waals surface area contributed by atoms with Gasteiger partial charge in [0, 0.05) is 7.11 Å². The highest BCUT2D eigenvalue weighted by atomic mass is 79.9. The monoisotopic (exact) mass is 349 g/mol. The molecule has 0 saturated heterocycles. The summed E-state index contributed by atoms with van der Waals surface area (Å²) in [6.07, 6.45) is 0. The van der Waals surface area contributed by atoms with Gasteiger partial charge in [-0.2, -0.15) is 0 Å². The molecule has 1 N–H and O–H groups in total. The molecule has 0 aliphatic heterocycles. The SMILES string of the molecule is COCCONS(=O)(=O)c1cc(Cl)c(Br)s1. The molecule has 0 fully saturated rings. The zero-order valence-corrected chi connectivity index (χ0v) is 12.2. The van der Waals surface area contributed by atoms with Crippen LogP contribution in [0.3, 0.4) is 0 Å². The van der Waals surface area contributed by atoms with E-state index in [0.29, 0.717) is 15.4 Å². The van der Waals surface area contributed by atoms with Crippen LogP contribution in [-0.2, 0) is 19.6 Å². The second-order valence-electron chi connectivity index (χ2n) is 2.62. The molecular formula is C7H9BrClNO4S2. The van der Waals surface area contributed by atoms with Gasteiger partial charge < -0.3 is 4.74 Å². The van der Waals surface area contributed by atoms with Crippen molar-refractivity contribution in [1.29, 1.82) is 0 Å². The zero-order valence-electron chi connectivity index (χ0n) is 8.20. The van der Waals surface area contributed by atoms with Gasteiger partial charge in [0.05, 0.1) is 22.0 Å². The molecular weight excluding hydrogens is 342 g/mol. The van der Waals surface area contributed by atoms with Crippen molar-refractivity contribution in [3.05, 3.63) is 14.9 Å². The van der Waals surface area contributed by atoms with Crippen LogP contribution in [0.2, 0.25) is 5.02 Å². The van der Waals surface area contributed by atoms with Crippen LogP contribution in [0.4, 0.5) is 0 Å². The molecule has 1 aromatic rings. The molecule has 92 valence electrons. The zero-order chi connectivity index (χ0) is 12.2. The number of thiophene rings is 1. The van der Waals surface area contributed by atoms with Crippen molar-refractivity contribution >= 4 is 48.9 Å². The first-order chi connectivity index (χ1) is 7.47. The lowest BCUT2D eigenvalue weighted by molar-refractivity contribution is 0.0439. The van der Waals surface area contributed by atoms with Gasteiger partial charge in [-0.1, -0.05) is 16.5 Å². The van der Waals surface area contributed by atoms with E-state index in [-0.39, 0.29) is 10.8 Å². The van der Waals surface area contributed by atoms with E-state index in [2.05, 4.69) is 15.9 Å². The molecule has 1 rings (SSSR count). The fourth-order valence-corrected chi connectivity index (χ4v) is 3.95. The Hall–Kier alpha value is 0.300. The van der Waals surface area contributed by atoms with Crippen LogP contribution in [0.15, 0.2) is 14.1 Å². The Bertz CT molecular complexity index is 428. The fourth-order valence-electron chi connectivity index (χ4n) is 0.744. The highest BCUT2D eigenvalue weighted by Gasteiger charge is 2.18. The van der Waals surface area contributed by atoms with Gasteiger partial charge in [-0.25, -0.2) is 8.42 Å². The van der Waals surface area contributed by atoms with Gasteiger partial charge in [-0.3, -0.25) is 4.84 Å². The molecule has 0 aliphatic rings. The molecule has 5 nitrogen and oxygen atoms in total. The van der Waals surface area contributed by atoms with E-state index in [9.17, 15) is 8.42 Å². The molecule has 0 bridgehead atoms. The molecule has 0 aliphatic carbocycles. The van der Waals surface area contributed by atoms with E-state index in [4.69, 9.17) is 21.2 Å². The van der Waals surface area contributed by atoms with Gasteiger partial charge in [0.2, 0.25) is 0 Å². The molecule has 1 heterocycles. The predicted octanol–water partition coefficient (Wildman–Crippen LogP) is 2.02. The summed E-state index contributed by atoms with van der Waals surface area (Å²) in [6, 6.07) is 1.35. The van der Waals surface area contributed by atoms with Crippen LogP contribution in [0.25, 0.3) is 0 Å². The van der Waals surface area contributed by atoms with Gasteiger partial charge in [0.25, 0.3) is 10.0 Å². The second kappa shape index (κ2) is 6.29. The van der Waals surface area contributed by atoms with Gasteiger partial charge >= 0.3 is 0 Å². The maximum Gasteiger partial charge on any atom is 0.272 e. The molecule has 1 aromatic heterocycles. The third-order valence-corrected chi connectivity index (χ3v) is 5.61. The van der Waals surface area contributed by atoms with Crippen LogP contribution >= 0.6 is 38.9 Å². The number of methoxy groups -OCH3 is 1. The van der Waals surface area contributed by atoms with Crippen molar-refractivity contribution in [3.8, 4) is 0 Å². The molecule has 16 heavy (non-hydrogen) atoms. The van der Waals surface area contributed by atoms with E-state index < -0.39 is 10.0 Å². The summed E-state index contributed by atoms with van der Waals surface area (Å²) in [7, 11) is -2.17. The van der Waals surface area contributed by atoms with Gasteiger partial charge in [0.1, 0.15) is 4.21 Å². The summed E-state index contributed by atoms with van der Waals surface area (Å²) in [6.45, 7) is 0.438. The number of halogens is 2. The van der Waals surface area contributed by atoms with Crippen LogP contribution in [0.5, 0.6) is 0 Å². The van der Waals surface area contributed by atoms with Crippen LogP contribution in [0.1, 0.15) is 0 Å². The molecule has 0 spiro atoms. The standard InChI is InChI=1S/C7H9BrClNO4S2/c1-13-2-3-14-10-16(11,12)6-4-5(9)7(8)15-6/h4,10H,2-3H2,1H3. The first-order valence-corrected chi connectivity index (χ1v) is 7.52. The van der Waals surface area contributed by atoms with Crippen molar-refractivity contribution in [2.75, 3.05) is 20.3 Å². The number of rotatable bonds is 6. The normalized spacial score (nSPS) is 11.9. The smallest absolute Gasteiger partial charge is 0.272 e. The van der Waals surface area contributed by atoms with E-state index in [0.717, 1.165) is 11.3 Å². The quantitative estimate of drug-likeness (QED) is 0.630. The minimum absolute atomic E-state index is 0.0850. The maximum atomic E-state index is 11.6. The maximum absolute atomic E-state index is 11.6. The Balaban J connectivity index is 2.64. The number of nitrogens with one attached hydrogen (secondary N) is 1. The lowest BCUT2D eigenvalue weighted by Crippen LogP contribution is -2.25. The lowest BCUT2D eigenvalue weighted by atomic mass is 10.7. The summed E-state index contributed by atoms with van der Waals surface area (Å²) in [5.74, 6) is 0. The Labute approximate surface area is 111 Å². The lowest BCUT2D eigenvalue weighted by Gasteiger charge is -2.04. The minimum Gasteiger partial charge on any atom is -0.382 e. The predicted molar refractivity (Wildman–Crippen MR) is 65.2 cm³/mol. The second-order valence-corrected chi connectivity index (χ2v) is 7.26. The average molecular weight is 351 g/mol. The summed E-state index contributed by atoms with van der Waals surface area (Å²) in [5.41, 5.74) is 0. The average Bonchev–Trinajstić information content (AvgIpc) is 2.55. The summed E-state index contributed by atoms with van der Waals surface area (Å²) >= 11 is 9.87. The molecule has 0 unspecified atom stereocenters. The third kappa shape index (κ3) is 3.95. The van der Waals surface area contributed by atoms with Crippen LogP contribution in [0, 0.1) is 0 Å². The van der Waals surface area contributed by atoms with E-state index >= 15 is 0 Å².